The minimum absolute atomic E-state index is 0.112. The fourth-order valence-electron chi connectivity index (χ4n) is 3.70. The highest BCUT2D eigenvalue weighted by atomic mass is 16.5. The van der Waals surface area contributed by atoms with Crippen LogP contribution in [0.15, 0.2) is 40.9 Å². The van der Waals surface area contributed by atoms with Gasteiger partial charge in [-0.15, -0.1) is 0 Å². The van der Waals surface area contributed by atoms with E-state index in [1.54, 1.807) is 27.4 Å². The number of methoxy groups -OCH3 is 3. The highest BCUT2D eigenvalue weighted by Crippen LogP contribution is 2.43. The third-order valence-corrected chi connectivity index (χ3v) is 5.05. The van der Waals surface area contributed by atoms with Crippen LogP contribution >= 0.6 is 0 Å². The molecule has 4 rings (SSSR count). The van der Waals surface area contributed by atoms with Crippen molar-refractivity contribution in [2.24, 2.45) is 0 Å². The predicted octanol–water partition coefficient (Wildman–Crippen LogP) is 3.20. The van der Waals surface area contributed by atoms with Crippen LogP contribution in [0, 0.1) is 0 Å². The standard InChI is InChI=1S/C22H25N3O5/c1-25(12-15-11-14-7-5-6-8-17(14)29-15)13-19-23-22(24-30-19)16-9-10-18(26-2)21(28-4)20(16)27-3/h5-10,15H,11-13H2,1-4H3. The van der Waals surface area contributed by atoms with Crippen molar-refractivity contribution in [3.05, 3.63) is 47.9 Å². The molecular weight excluding hydrogens is 386 g/mol. The highest BCUT2D eigenvalue weighted by molar-refractivity contribution is 5.72. The topological polar surface area (TPSA) is 79.1 Å². The normalized spacial score (nSPS) is 15.0. The van der Waals surface area contributed by atoms with E-state index in [1.807, 2.05) is 31.3 Å². The quantitative estimate of drug-likeness (QED) is 0.559. The summed E-state index contributed by atoms with van der Waals surface area (Å²) < 4.78 is 27.8. The van der Waals surface area contributed by atoms with Crippen molar-refractivity contribution < 1.29 is 23.5 Å². The number of fused-ring (bicyclic) bond motifs is 1. The Kier molecular flexibility index (Phi) is 5.76. The molecule has 2 aromatic carbocycles. The van der Waals surface area contributed by atoms with Crippen LogP contribution in [-0.4, -0.2) is 56.1 Å². The van der Waals surface area contributed by atoms with Crippen molar-refractivity contribution in [2.45, 2.75) is 19.1 Å². The SMILES string of the molecule is COc1ccc(-c2noc(CN(C)CC3Cc4ccccc4O3)n2)c(OC)c1OC. The van der Waals surface area contributed by atoms with Crippen LogP contribution in [0.2, 0.25) is 0 Å². The molecule has 0 radical (unpaired) electrons. The van der Waals surface area contributed by atoms with Crippen molar-refractivity contribution in [3.63, 3.8) is 0 Å². The van der Waals surface area contributed by atoms with Crippen molar-refractivity contribution in [2.75, 3.05) is 34.9 Å². The molecule has 1 unspecified atom stereocenters. The zero-order valence-corrected chi connectivity index (χ0v) is 17.5. The molecule has 30 heavy (non-hydrogen) atoms. The van der Waals surface area contributed by atoms with E-state index in [1.165, 1.54) is 5.56 Å². The Morgan fingerprint density at radius 1 is 1.03 bits per heavy atom. The monoisotopic (exact) mass is 411 g/mol. The molecule has 0 spiro atoms. The fourth-order valence-corrected chi connectivity index (χ4v) is 3.70. The van der Waals surface area contributed by atoms with Gasteiger partial charge in [-0.2, -0.15) is 4.98 Å². The van der Waals surface area contributed by atoms with Gasteiger partial charge in [-0.1, -0.05) is 23.4 Å². The van der Waals surface area contributed by atoms with Crippen molar-refractivity contribution in [3.8, 4) is 34.4 Å². The second-order valence-corrected chi connectivity index (χ2v) is 7.14. The lowest BCUT2D eigenvalue weighted by Crippen LogP contribution is -2.31. The molecule has 0 amide bonds. The first-order valence-corrected chi connectivity index (χ1v) is 9.68. The number of benzene rings is 2. The van der Waals surface area contributed by atoms with Crippen molar-refractivity contribution >= 4 is 0 Å². The van der Waals surface area contributed by atoms with E-state index in [0.717, 1.165) is 18.7 Å². The molecule has 2 heterocycles. The molecule has 1 aliphatic heterocycles. The Balaban J connectivity index is 1.45. The number of hydrogen-bond donors (Lipinski definition) is 0. The molecule has 158 valence electrons. The van der Waals surface area contributed by atoms with E-state index in [2.05, 4.69) is 21.1 Å². The van der Waals surface area contributed by atoms with Crippen LogP contribution in [0.1, 0.15) is 11.5 Å². The van der Waals surface area contributed by atoms with Gasteiger partial charge in [-0.3, -0.25) is 4.90 Å². The lowest BCUT2D eigenvalue weighted by atomic mass is 10.1. The number of rotatable bonds is 8. The zero-order chi connectivity index (χ0) is 21.1. The van der Waals surface area contributed by atoms with E-state index >= 15 is 0 Å². The first kappa shape index (κ1) is 20.0. The molecule has 8 heteroatoms. The van der Waals surface area contributed by atoms with Crippen LogP contribution < -0.4 is 18.9 Å². The van der Waals surface area contributed by atoms with Gasteiger partial charge in [-0.05, 0) is 30.8 Å². The van der Waals surface area contributed by atoms with Crippen molar-refractivity contribution in [1.82, 2.24) is 15.0 Å². The summed E-state index contributed by atoms with van der Waals surface area (Å²) in [4.78, 5) is 6.65. The highest BCUT2D eigenvalue weighted by Gasteiger charge is 2.25. The first-order valence-electron chi connectivity index (χ1n) is 9.68. The van der Waals surface area contributed by atoms with Crippen LogP contribution in [0.5, 0.6) is 23.0 Å². The van der Waals surface area contributed by atoms with Gasteiger partial charge in [0.15, 0.2) is 11.5 Å². The summed E-state index contributed by atoms with van der Waals surface area (Å²) in [7, 11) is 6.71. The van der Waals surface area contributed by atoms with Gasteiger partial charge < -0.3 is 23.5 Å². The lowest BCUT2D eigenvalue weighted by Gasteiger charge is -2.18. The van der Waals surface area contributed by atoms with E-state index < -0.39 is 0 Å². The van der Waals surface area contributed by atoms with E-state index in [-0.39, 0.29) is 6.10 Å². The number of hydrogen-bond acceptors (Lipinski definition) is 8. The molecule has 0 bridgehead atoms. The van der Waals surface area contributed by atoms with Gasteiger partial charge >= 0.3 is 0 Å². The maximum absolute atomic E-state index is 6.02. The molecule has 0 N–H and O–H groups in total. The molecule has 1 aromatic heterocycles. The molecule has 3 aromatic rings. The zero-order valence-electron chi connectivity index (χ0n) is 17.5. The third kappa shape index (κ3) is 3.91. The molecule has 0 fully saturated rings. The van der Waals surface area contributed by atoms with Crippen LogP contribution in [0.25, 0.3) is 11.4 Å². The Morgan fingerprint density at radius 2 is 1.83 bits per heavy atom. The summed E-state index contributed by atoms with van der Waals surface area (Å²) in [6.45, 7) is 1.27. The summed E-state index contributed by atoms with van der Waals surface area (Å²) >= 11 is 0. The van der Waals surface area contributed by atoms with E-state index in [0.29, 0.717) is 41.1 Å². The smallest absolute Gasteiger partial charge is 0.241 e. The van der Waals surface area contributed by atoms with Gasteiger partial charge in [0.25, 0.3) is 0 Å². The van der Waals surface area contributed by atoms with Crippen LogP contribution in [-0.2, 0) is 13.0 Å². The number of likely N-dealkylation sites (N-methyl/N-ethyl adjacent to an activating group) is 1. The summed E-state index contributed by atoms with van der Waals surface area (Å²) in [5.74, 6) is 3.46. The van der Waals surface area contributed by atoms with Gasteiger partial charge in [0.2, 0.25) is 17.5 Å². The Hall–Kier alpha value is -3.26. The molecular formula is C22H25N3O5. The number of nitrogens with zero attached hydrogens (tertiary/aromatic N) is 3. The summed E-state index contributed by atoms with van der Waals surface area (Å²) in [6.07, 6.45) is 1.01. The van der Waals surface area contributed by atoms with E-state index in [9.17, 15) is 0 Å². The number of ether oxygens (including phenoxy) is 4. The van der Waals surface area contributed by atoms with Crippen LogP contribution in [0.3, 0.4) is 0 Å². The van der Waals surface area contributed by atoms with Crippen LogP contribution in [0.4, 0.5) is 0 Å². The predicted molar refractivity (Wildman–Crippen MR) is 110 cm³/mol. The molecule has 8 nitrogen and oxygen atoms in total. The first-order chi connectivity index (χ1) is 14.6. The summed E-state index contributed by atoms with van der Waals surface area (Å²) in [6, 6.07) is 11.8. The molecule has 0 saturated heterocycles. The molecule has 0 saturated carbocycles. The summed E-state index contributed by atoms with van der Waals surface area (Å²) in [5, 5.41) is 4.12. The average molecular weight is 411 g/mol. The minimum atomic E-state index is 0.112. The lowest BCUT2D eigenvalue weighted by molar-refractivity contribution is 0.155. The Bertz CT molecular complexity index is 995. The third-order valence-electron chi connectivity index (χ3n) is 5.05. The molecule has 1 aliphatic rings. The summed E-state index contributed by atoms with van der Waals surface area (Å²) in [5.41, 5.74) is 1.92. The number of para-hydroxylation sites is 1. The molecule has 0 aliphatic carbocycles. The number of aromatic nitrogens is 2. The maximum Gasteiger partial charge on any atom is 0.241 e. The second kappa shape index (κ2) is 8.62. The van der Waals surface area contributed by atoms with Gasteiger partial charge in [-0.25, -0.2) is 0 Å². The van der Waals surface area contributed by atoms with Gasteiger partial charge in [0.05, 0.1) is 33.4 Å². The fraction of sp³-hybridized carbons (Fsp3) is 0.364. The minimum Gasteiger partial charge on any atom is -0.493 e. The van der Waals surface area contributed by atoms with Crippen molar-refractivity contribution in [1.29, 1.82) is 0 Å². The van der Waals surface area contributed by atoms with Gasteiger partial charge in [0, 0.05) is 13.0 Å². The Labute approximate surface area is 175 Å². The largest absolute Gasteiger partial charge is 0.493 e. The maximum atomic E-state index is 6.02. The van der Waals surface area contributed by atoms with Gasteiger partial charge in [0.1, 0.15) is 11.9 Å². The van der Waals surface area contributed by atoms with E-state index in [4.69, 9.17) is 23.5 Å². The molecule has 1 atom stereocenters. The Morgan fingerprint density at radius 3 is 2.57 bits per heavy atom. The second-order valence-electron chi connectivity index (χ2n) is 7.14. The average Bonchev–Trinajstić information content (AvgIpc) is 3.38.